The number of anilines is 1. The molecule has 3 heteroatoms. The molecule has 0 amide bonds. The number of phenolic OH excluding ortho intramolecular Hbond substituents is 1. The number of aromatic hydroxyl groups is 1. The second-order valence-electron chi connectivity index (χ2n) is 3.70. The predicted octanol–water partition coefficient (Wildman–Crippen LogP) is 2.71. The number of hydrogen-bond acceptors (Lipinski definition) is 3. The van der Waals surface area contributed by atoms with E-state index in [2.05, 4.69) is 10.3 Å². The smallest absolute Gasteiger partial charge is 0.138 e. The highest BCUT2D eigenvalue weighted by atomic mass is 16.3. The molecule has 0 radical (unpaired) electrons. The van der Waals surface area contributed by atoms with Crippen molar-refractivity contribution in [2.24, 2.45) is 0 Å². The quantitative estimate of drug-likeness (QED) is 0.772. The second kappa shape index (κ2) is 4.66. The van der Waals surface area contributed by atoms with Crippen molar-refractivity contribution < 1.29 is 5.11 Å². The monoisotopic (exact) mass is 214 g/mol. The molecule has 0 atom stereocenters. The van der Waals surface area contributed by atoms with Crippen molar-refractivity contribution in [3.63, 3.8) is 0 Å². The van der Waals surface area contributed by atoms with Gasteiger partial charge in [-0.2, -0.15) is 0 Å². The van der Waals surface area contributed by atoms with Gasteiger partial charge in [-0.1, -0.05) is 12.1 Å². The SMILES string of the molecule is Cc1ccc(NCc2ccccn2)c(O)c1. The molecule has 0 unspecified atom stereocenters. The first-order chi connectivity index (χ1) is 7.75. The number of rotatable bonds is 3. The summed E-state index contributed by atoms with van der Waals surface area (Å²) in [4.78, 5) is 4.20. The van der Waals surface area contributed by atoms with Gasteiger partial charge in [0.2, 0.25) is 0 Å². The highest BCUT2D eigenvalue weighted by Gasteiger charge is 2.00. The minimum Gasteiger partial charge on any atom is -0.506 e. The van der Waals surface area contributed by atoms with E-state index in [-0.39, 0.29) is 5.75 Å². The van der Waals surface area contributed by atoms with E-state index in [1.54, 1.807) is 12.3 Å². The lowest BCUT2D eigenvalue weighted by atomic mass is 10.2. The van der Waals surface area contributed by atoms with E-state index in [1.807, 2.05) is 37.3 Å². The number of nitrogens with one attached hydrogen (secondary N) is 1. The number of benzene rings is 1. The third-order valence-corrected chi connectivity index (χ3v) is 2.34. The van der Waals surface area contributed by atoms with E-state index in [4.69, 9.17) is 0 Å². The van der Waals surface area contributed by atoms with Crippen LogP contribution in [0, 0.1) is 6.92 Å². The van der Waals surface area contributed by atoms with Gasteiger partial charge in [0.1, 0.15) is 5.75 Å². The van der Waals surface area contributed by atoms with Gasteiger partial charge in [-0.05, 0) is 36.8 Å². The zero-order valence-electron chi connectivity index (χ0n) is 9.14. The maximum atomic E-state index is 9.69. The summed E-state index contributed by atoms with van der Waals surface area (Å²) in [6.07, 6.45) is 1.76. The van der Waals surface area contributed by atoms with Crippen LogP contribution in [0.2, 0.25) is 0 Å². The summed E-state index contributed by atoms with van der Waals surface area (Å²) in [7, 11) is 0. The molecule has 2 aromatic rings. The molecule has 16 heavy (non-hydrogen) atoms. The lowest BCUT2D eigenvalue weighted by molar-refractivity contribution is 0.476. The predicted molar refractivity (Wildman–Crippen MR) is 64.4 cm³/mol. The highest BCUT2D eigenvalue weighted by Crippen LogP contribution is 2.24. The lowest BCUT2D eigenvalue weighted by Gasteiger charge is -2.08. The molecule has 1 aromatic carbocycles. The van der Waals surface area contributed by atoms with Crippen LogP contribution in [0.25, 0.3) is 0 Å². The zero-order valence-corrected chi connectivity index (χ0v) is 9.14. The summed E-state index contributed by atoms with van der Waals surface area (Å²) < 4.78 is 0. The fourth-order valence-corrected chi connectivity index (χ4v) is 1.48. The summed E-state index contributed by atoms with van der Waals surface area (Å²) in [6, 6.07) is 11.3. The van der Waals surface area contributed by atoms with Gasteiger partial charge >= 0.3 is 0 Å². The molecule has 2 N–H and O–H groups in total. The van der Waals surface area contributed by atoms with Gasteiger partial charge in [-0.15, -0.1) is 0 Å². The van der Waals surface area contributed by atoms with Gasteiger partial charge in [-0.25, -0.2) is 0 Å². The molecule has 0 spiro atoms. The van der Waals surface area contributed by atoms with Crippen LogP contribution in [-0.2, 0) is 6.54 Å². The molecule has 82 valence electrons. The van der Waals surface area contributed by atoms with Crippen LogP contribution in [0.5, 0.6) is 5.75 Å². The van der Waals surface area contributed by atoms with Gasteiger partial charge < -0.3 is 10.4 Å². The third-order valence-electron chi connectivity index (χ3n) is 2.34. The number of nitrogens with zero attached hydrogens (tertiary/aromatic N) is 1. The molecule has 0 saturated heterocycles. The van der Waals surface area contributed by atoms with E-state index < -0.39 is 0 Å². The van der Waals surface area contributed by atoms with Crippen molar-refractivity contribution in [2.45, 2.75) is 13.5 Å². The number of aromatic nitrogens is 1. The van der Waals surface area contributed by atoms with Gasteiger partial charge in [0.15, 0.2) is 0 Å². The van der Waals surface area contributed by atoms with Crippen molar-refractivity contribution in [1.82, 2.24) is 4.98 Å². The van der Waals surface area contributed by atoms with Gasteiger partial charge in [0.05, 0.1) is 17.9 Å². The van der Waals surface area contributed by atoms with E-state index in [9.17, 15) is 5.11 Å². The van der Waals surface area contributed by atoms with Gasteiger partial charge in [-0.3, -0.25) is 4.98 Å². The minimum absolute atomic E-state index is 0.274. The van der Waals surface area contributed by atoms with Crippen LogP contribution in [0.4, 0.5) is 5.69 Å². The first-order valence-corrected chi connectivity index (χ1v) is 5.19. The van der Waals surface area contributed by atoms with Crippen molar-refractivity contribution in [3.8, 4) is 5.75 Å². The summed E-state index contributed by atoms with van der Waals surface area (Å²) in [5.74, 6) is 0.274. The molecule has 0 aliphatic rings. The fourth-order valence-electron chi connectivity index (χ4n) is 1.48. The molecule has 3 nitrogen and oxygen atoms in total. The molecule has 0 saturated carbocycles. The molecule has 0 bridgehead atoms. The molecule has 1 heterocycles. The second-order valence-corrected chi connectivity index (χ2v) is 3.70. The zero-order chi connectivity index (χ0) is 11.4. The van der Waals surface area contributed by atoms with E-state index in [0.29, 0.717) is 6.54 Å². The Bertz CT molecular complexity index is 469. The maximum Gasteiger partial charge on any atom is 0.138 e. The van der Waals surface area contributed by atoms with E-state index >= 15 is 0 Å². The van der Waals surface area contributed by atoms with Crippen molar-refractivity contribution in [2.75, 3.05) is 5.32 Å². The van der Waals surface area contributed by atoms with Gasteiger partial charge in [0.25, 0.3) is 0 Å². The lowest BCUT2D eigenvalue weighted by Crippen LogP contribution is -2.01. The fraction of sp³-hybridized carbons (Fsp3) is 0.154. The number of hydrogen-bond donors (Lipinski definition) is 2. The number of phenols is 1. The van der Waals surface area contributed by atoms with Crippen molar-refractivity contribution in [3.05, 3.63) is 53.9 Å². The normalized spacial score (nSPS) is 10.1. The largest absolute Gasteiger partial charge is 0.506 e. The Morgan fingerprint density at radius 3 is 2.81 bits per heavy atom. The summed E-state index contributed by atoms with van der Waals surface area (Å²) >= 11 is 0. The molecular weight excluding hydrogens is 200 g/mol. The molecule has 2 rings (SSSR count). The Hall–Kier alpha value is -2.03. The maximum absolute atomic E-state index is 9.69. The third kappa shape index (κ3) is 2.51. The van der Waals surface area contributed by atoms with Crippen LogP contribution < -0.4 is 5.32 Å². The Morgan fingerprint density at radius 1 is 1.25 bits per heavy atom. The molecular formula is C13H14N2O. The van der Waals surface area contributed by atoms with Crippen LogP contribution in [0.3, 0.4) is 0 Å². The van der Waals surface area contributed by atoms with Crippen molar-refractivity contribution in [1.29, 1.82) is 0 Å². The number of aryl methyl sites for hydroxylation is 1. The molecule has 1 aromatic heterocycles. The first kappa shape index (κ1) is 10.5. The standard InChI is InChI=1S/C13H14N2O/c1-10-5-6-12(13(16)8-10)15-9-11-4-2-3-7-14-11/h2-8,15-16H,9H2,1H3. The topological polar surface area (TPSA) is 45.2 Å². The number of pyridine rings is 1. The van der Waals surface area contributed by atoms with Crippen molar-refractivity contribution >= 4 is 5.69 Å². The Kier molecular flexibility index (Phi) is 3.05. The summed E-state index contributed by atoms with van der Waals surface area (Å²) in [6.45, 7) is 2.56. The summed E-state index contributed by atoms with van der Waals surface area (Å²) in [5, 5.41) is 12.8. The van der Waals surface area contributed by atoms with E-state index in [0.717, 1.165) is 16.9 Å². The highest BCUT2D eigenvalue weighted by molar-refractivity contribution is 5.56. The summed E-state index contributed by atoms with van der Waals surface area (Å²) in [5.41, 5.74) is 2.72. The molecule has 0 aliphatic heterocycles. The Morgan fingerprint density at radius 2 is 2.12 bits per heavy atom. The van der Waals surface area contributed by atoms with Gasteiger partial charge in [0, 0.05) is 6.20 Å². The van der Waals surface area contributed by atoms with Crippen LogP contribution in [0.15, 0.2) is 42.6 Å². The molecule has 0 aliphatic carbocycles. The van der Waals surface area contributed by atoms with Crippen LogP contribution in [0.1, 0.15) is 11.3 Å². The van der Waals surface area contributed by atoms with Crippen LogP contribution in [-0.4, -0.2) is 10.1 Å². The Labute approximate surface area is 94.8 Å². The first-order valence-electron chi connectivity index (χ1n) is 5.19. The minimum atomic E-state index is 0.274. The van der Waals surface area contributed by atoms with Crippen LogP contribution >= 0.6 is 0 Å². The Balaban J connectivity index is 2.05. The molecule has 0 fully saturated rings. The average molecular weight is 214 g/mol. The average Bonchev–Trinajstić information content (AvgIpc) is 2.29. The van der Waals surface area contributed by atoms with E-state index in [1.165, 1.54) is 0 Å².